The van der Waals surface area contributed by atoms with Crippen molar-refractivity contribution in [1.82, 2.24) is 15.1 Å². The molecule has 6 heteroatoms. The molecule has 6 nitrogen and oxygen atoms in total. The lowest BCUT2D eigenvalue weighted by molar-refractivity contribution is 0.429. The van der Waals surface area contributed by atoms with E-state index in [1.165, 1.54) is 0 Å². The number of rotatable bonds is 5. The van der Waals surface area contributed by atoms with Crippen molar-refractivity contribution in [3.8, 4) is 11.5 Å². The highest BCUT2D eigenvalue weighted by Crippen LogP contribution is 2.20. The maximum atomic E-state index is 5.56. The van der Waals surface area contributed by atoms with Crippen LogP contribution in [0.25, 0.3) is 11.5 Å². The maximum Gasteiger partial charge on any atom is 0.266 e. The van der Waals surface area contributed by atoms with Gasteiger partial charge in [0.15, 0.2) is 0 Å². The minimum Gasteiger partial charge on any atom is -0.339 e. The Hall–Kier alpha value is -1.95. The summed E-state index contributed by atoms with van der Waals surface area (Å²) in [6.07, 6.45) is 1.69. The summed E-state index contributed by atoms with van der Waals surface area (Å²) in [7, 11) is 0. The average Bonchev–Trinajstić information content (AvgIpc) is 2.90. The van der Waals surface area contributed by atoms with Crippen molar-refractivity contribution < 1.29 is 4.52 Å². The molecule has 0 spiro atoms. The van der Waals surface area contributed by atoms with Crippen LogP contribution in [-0.4, -0.2) is 28.2 Å². The monoisotopic (exact) mass is 247 g/mol. The molecule has 18 heavy (non-hydrogen) atoms. The van der Waals surface area contributed by atoms with E-state index in [2.05, 4.69) is 29.0 Å². The van der Waals surface area contributed by atoms with Crippen molar-refractivity contribution in [3.05, 3.63) is 24.0 Å². The van der Waals surface area contributed by atoms with Gasteiger partial charge in [-0.3, -0.25) is 4.98 Å². The minimum atomic E-state index is 0.394. The van der Waals surface area contributed by atoms with Gasteiger partial charge in [-0.1, -0.05) is 0 Å². The molecule has 2 aromatic rings. The molecule has 0 radical (unpaired) electrons. The van der Waals surface area contributed by atoms with E-state index in [1.54, 1.807) is 6.20 Å². The molecule has 2 rings (SSSR count). The van der Waals surface area contributed by atoms with Crippen molar-refractivity contribution in [2.24, 2.45) is 5.73 Å². The maximum absolute atomic E-state index is 5.56. The summed E-state index contributed by atoms with van der Waals surface area (Å²) in [5, 5.41) is 3.98. The molecule has 0 amide bonds. The first-order chi connectivity index (χ1) is 8.78. The molecule has 0 atom stereocenters. The fourth-order valence-electron chi connectivity index (χ4n) is 1.69. The van der Waals surface area contributed by atoms with Crippen molar-refractivity contribution in [2.75, 3.05) is 18.0 Å². The molecule has 0 saturated heterocycles. The number of hydrogen-bond acceptors (Lipinski definition) is 6. The summed E-state index contributed by atoms with van der Waals surface area (Å²) < 4.78 is 5.26. The summed E-state index contributed by atoms with van der Waals surface area (Å²) in [6, 6.07) is 3.69. The first kappa shape index (κ1) is 12.5. The zero-order chi connectivity index (χ0) is 13.0. The zero-order valence-corrected chi connectivity index (χ0v) is 10.6. The van der Waals surface area contributed by atoms with Crippen LogP contribution < -0.4 is 10.6 Å². The Morgan fingerprint density at radius 3 is 2.78 bits per heavy atom. The second kappa shape index (κ2) is 5.59. The van der Waals surface area contributed by atoms with Gasteiger partial charge >= 0.3 is 0 Å². The van der Waals surface area contributed by atoms with Gasteiger partial charge in [0, 0.05) is 31.4 Å². The quantitative estimate of drug-likeness (QED) is 0.861. The third kappa shape index (κ3) is 2.48. The second-order valence-electron chi connectivity index (χ2n) is 3.81. The molecule has 0 unspecified atom stereocenters. The standard InChI is InChI=1S/C12H17N5O/c1-3-17(4-2)12-15-11(18-16-12)9-5-6-14-10(7-9)8-13/h5-7H,3-4,8,13H2,1-2H3. The molecule has 2 N–H and O–H groups in total. The van der Waals surface area contributed by atoms with Gasteiger partial charge in [-0.2, -0.15) is 4.98 Å². The molecular weight excluding hydrogens is 230 g/mol. The first-order valence-corrected chi connectivity index (χ1v) is 6.02. The highest BCUT2D eigenvalue weighted by molar-refractivity contribution is 5.54. The molecule has 0 bridgehead atoms. The SMILES string of the molecule is CCN(CC)c1noc(-c2ccnc(CN)c2)n1. The van der Waals surface area contributed by atoms with Crippen LogP contribution in [0, 0.1) is 0 Å². The zero-order valence-electron chi connectivity index (χ0n) is 10.6. The minimum absolute atomic E-state index is 0.394. The summed E-state index contributed by atoms with van der Waals surface area (Å²) in [5.41, 5.74) is 7.20. The smallest absolute Gasteiger partial charge is 0.266 e. The summed E-state index contributed by atoms with van der Waals surface area (Å²) in [4.78, 5) is 10.5. The molecule has 0 saturated carbocycles. The van der Waals surface area contributed by atoms with Crippen LogP contribution in [0.3, 0.4) is 0 Å². The molecule has 2 heterocycles. The molecule has 0 aliphatic heterocycles. The lowest BCUT2D eigenvalue weighted by Gasteiger charge is -2.14. The molecular formula is C12H17N5O. The summed E-state index contributed by atoms with van der Waals surface area (Å²) >= 11 is 0. The highest BCUT2D eigenvalue weighted by Gasteiger charge is 2.13. The largest absolute Gasteiger partial charge is 0.339 e. The number of hydrogen-bond donors (Lipinski definition) is 1. The van der Waals surface area contributed by atoms with Crippen LogP contribution in [0.15, 0.2) is 22.9 Å². The predicted octanol–water partition coefficient (Wildman–Crippen LogP) is 1.44. The van der Waals surface area contributed by atoms with E-state index in [-0.39, 0.29) is 0 Å². The molecule has 0 aromatic carbocycles. The number of pyridine rings is 1. The van der Waals surface area contributed by atoms with E-state index in [4.69, 9.17) is 10.3 Å². The molecule has 0 aliphatic carbocycles. The topological polar surface area (TPSA) is 81.1 Å². The second-order valence-corrected chi connectivity index (χ2v) is 3.81. The molecule has 2 aromatic heterocycles. The van der Waals surface area contributed by atoms with Crippen LogP contribution in [0.5, 0.6) is 0 Å². The fraction of sp³-hybridized carbons (Fsp3) is 0.417. The number of nitrogens with two attached hydrogens (primary N) is 1. The van der Waals surface area contributed by atoms with E-state index >= 15 is 0 Å². The van der Waals surface area contributed by atoms with Gasteiger partial charge in [-0.25, -0.2) is 0 Å². The predicted molar refractivity (Wildman–Crippen MR) is 69.0 cm³/mol. The van der Waals surface area contributed by atoms with Crippen LogP contribution >= 0.6 is 0 Å². The normalized spacial score (nSPS) is 10.6. The molecule has 0 aliphatic rings. The van der Waals surface area contributed by atoms with Crippen molar-refractivity contribution in [2.45, 2.75) is 20.4 Å². The van der Waals surface area contributed by atoms with Crippen LogP contribution in [0.4, 0.5) is 5.95 Å². The highest BCUT2D eigenvalue weighted by atomic mass is 16.5. The van der Waals surface area contributed by atoms with Gasteiger partial charge in [0.05, 0.1) is 5.69 Å². The van der Waals surface area contributed by atoms with Crippen molar-refractivity contribution >= 4 is 5.95 Å². The third-order valence-electron chi connectivity index (χ3n) is 2.73. The van der Waals surface area contributed by atoms with Crippen molar-refractivity contribution in [3.63, 3.8) is 0 Å². The fourth-order valence-corrected chi connectivity index (χ4v) is 1.69. The average molecular weight is 247 g/mol. The first-order valence-electron chi connectivity index (χ1n) is 6.02. The van der Waals surface area contributed by atoms with Crippen LogP contribution in [-0.2, 0) is 6.54 Å². The lowest BCUT2D eigenvalue weighted by atomic mass is 10.2. The van der Waals surface area contributed by atoms with E-state index in [0.717, 1.165) is 24.3 Å². The van der Waals surface area contributed by atoms with Gasteiger partial charge in [0.2, 0.25) is 0 Å². The Morgan fingerprint density at radius 2 is 2.11 bits per heavy atom. The van der Waals surface area contributed by atoms with Crippen LogP contribution in [0.2, 0.25) is 0 Å². The van der Waals surface area contributed by atoms with Crippen LogP contribution in [0.1, 0.15) is 19.5 Å². The molecule has 96 valence electrons. The molecule has 0 fully saturated rings. The lowest BCUT2D eigenvalue weighted by Crippen LogP contribution is -2.22. The third-order valence-corrected chi connectivity index (χ3v) is 2.73. The Kier molecular flexibility index (Phi) is 3.88. The number of nitrogens with zero attached hydrogens (tertiary/aromatic N) is 4. The van der Waals surface area contributed by atoms with Gasteiger partial charge in [0.1, 0.15) is 0 Å². The van der Waals surface area contributed by atoms with E-state index in [0.29, 0.717) is 18.4 Å². The van der Waals surface area contributed by atoms with Gasteiger partial charge < -0.3 is 15.2 Å². The Balaban J connectivity index is 2.28. The Labute approximate surface area is 106 Å². The van der Waals surface area contributed by atoms with Gasteiger partial charge in [-0.15, -0.1) is 0 Å². The summed E-state index contributed by atoms with van der Waals surface area (Å²) in [5.74, 6) is 1.11. The van der Waals surface area contributed by atoms with Gasteiger partial charge in [-0.05, 0) is 31.1 Å². The van der Waals surface area contributed by atoms with E-state index in [9.17, 15) is 0 Å². The Morgan fingerprint density at radius 1 is 1.33 bits per heavy atom. The van der Waals surface area contributed by atoms with Crippen molar-refractivity contribution in [1.29, 1.82) is 0 Å². The number of aromatic nitrogens is 3. The Bertz CT molecular complexity index is 507. The summed E-state index contributed by atoms with van der Waals surface area (Å²) in [6.45, 7) is 6.20. The van der Waals surface area contributed by atoms with Gasteiger partial charge in [0.25, 0.3) is 11.8 Å². The van der Waals surface area contributed by atoms with E-state index in [1.807, 2.05) is 17.0 Å². The van der Waals surface area contributed by atoms with E-state index < -0.39 is 0 Å². The number of anilines is 1.